The van der Waals surface area contributed by atoms with E-state index in [1.165, 1.54) is 31.2 Å². The Labute approximate surface area is 246 Å². The summed E-state index contributed by atoms with van der Waals surface area (Å²) < 4.78 is 45.6. The summed E-state index contributed by atoms with van der Waals surface area (Å²) >= 11 is 7.87. The normalized spacial score (nSPS) is 12.0. The van der Waals surface area contributed by atoms with E-state index in [1.807, 2.05) is 30.5 Å². The van der Waals surface area contributed by atoms with Crippen LogP contribution in [0, 0.1) is 5.82 Å². The predicted octanol–water partition coefficient (Wildman–Crippen LogP) is 5.88. The second kappa shape index (κ2) is 11.3. The van der Waals surface area contributed by atoms with Crippen molar-refractivity contribution in [2.45, 2.75) is 35.1 Å². The van der Waals surface area contributed by atoms with Crippen molar-refractivity contribution in [2.24, 2.45) is 0 Å². The number of nitrogens with one attached hydrogen (secondary N) is 1. The number of sulfone groups is 1. The zero-order chi connectivity index (χ0) is 29.4. The molecular formula is C28H26ClFN6O3S2. The number of aromatic amines is 1. The number of ether oxygens (including phenoxy) is 1. The van der Waals surface area contributed by atoms with Crippen LogP contribution in [0.2, 0.25) is 5.02 Å². The number of aromatic nitrogens is 6. The van der Waals surface area contributed by atoms with Crippen molar-refractivity contribution in [3.05, 3.63) is 94.5 Å². The molecule has 0 fully saturated rings. The van der Waals surface area contributed by atoms with Gasteiger partial charge < -0.3 is 4.74 Å². The Bertz CT molecular complexity index is 1810. The van der Waals surface area contributed by atoms with Crippen LogP contribution < -0.4 is 4.74 Å². The van der Waals surface area contributed by atoms with Gasteiger partial charge in [0, 0.05) is 29.1 Å². The van der Waals surface area contributed by atoms with Crippen molar-refractivity contribution < 1.29 is 17.5 Å². The first-order valence-electron chi connectivity index (χ1n) is 12.4. The summed E-state index contributed by atoms with van der Waals surface area (Å²) in [6.45, 7) is 4.06. The van der Waals surface area contributed by atoms with Crippen molar-refractivity contribution in [2.75, 3.05) is 13.4 Å². The van der Waals surface area contributed by atoms with E-state index in [4.69, 9.17) is 21.3 Å². The SMILES string of the molecule is COc1cc(-n2c(C(C)(C)c3ccc(S(C)(=O)=O)cc3)cnc2SCc2ccc(Cl)c(-c3nn[nH]n3)c2)ccc1F. The maximum absolute atomic E-state index is 14.4. The van der Waals surface area contributed by atoms with Crippen molar-refractivity contribution in [1.29, 1.82) is 0 Å². The molecule has 1 N–H and O–H groups in total. The van der Waals surface area contributed by atoms with Crippen LogP contribution in [-0.4, -0.2) is 52.0 Å². The number of H-pyrrole nitrogens is 1. The summed E-state index contributed by atoms with van der Waals surface area (Å²) in [5.41, 5.74) is 3.40. The van der Waals surface area contributed by atoms with Crippen LogP contribution >= 0.6 is 23.4 Å². The van der Waals surface area contributed by atoms with Gasteiger partial charge in [-0.3, -0.25) is 4.57 Å². The monoisotopic (exact) mass is 612 g/mol. The number of nitrogens with zero attached hydrogens (tertiary/aromatic N) is 5. The van der Waals surface area contributed by atoms with E-state index < -0.39 is 21.1 Å². The fourth-order valence-electron chi connectivity index (χ4n) is 4.44. The summed E-state index contributed by atoms with van der Waals surface area (Å²) in [6, 6.07) is 17.1. The molecule has 0 atom stereocenters. The van der Waals surface area contributed by atoms with E-state index in [0.29, 0.717) is 33.0 Å². The molecule has 212 valence electrons. The zero-order valence-electron chi connectivity index (χ0n) is 22.6. The van der Waals surface area contributed by atoms with E-state index in [1.54, 1.807) is 48.7 Å². The minimum Gasteiger partial charge on any atom is -0.494 e. The van der Waals surface area contributed by atoms with Gasteiger partial charge in [0.15, 0.2) is 26.6 Å². The largest absolute Gasteiger partial charge is 0.494 e. The quantitative estimate of drug-likeness (QED) is 0.205. The number of imidazole rings is 1. The Morgan fingerprint density at radius 2 is 1.85 bits per heavy atom. The molecule has 0 aliphatic rings. The second-order valence-electron chi connectivity index (χ2n) is 9.84. The number of benzene rings is 3. The van der Waals surface area contributed by atoms with Crippen LogP contribution in [0.5, 0.6) is 5.75 Å². The molecular weight excluding hydrogens is 587 g/mol. The van der Waals surface area contributed by atoms with Gasteiger partial charge in [-0.05, 0) is 52.7 Å². The van der Waals surface area contributed by atoms with Gasteiger partial charge in [0.2, 0.25) is 5.82 Å². The molecule has 9 nitrogen and oxygen atoms in total. The van der Waals surface area contributed by atoms with Crippen LogP contribution in [0.1, 0.15) is 30.7 Å². The van der Waals surface area contributed by atoms with Crippen molar-refractivity contribution in [3.63, 3.8) is 0 Å². The van der Waals surface area contributed by atoms with Gasteiger partial charge in [-0.1, -0.05) is 55.4 Å². The Morgan fingerprint density at radius 1 is 1.10 bits per heavy atom. The highest BCUT2D eigenvalue weighted by Gasteiger charge is 2.30. The average Bonchev–Trinajstić information content (AvgIpc) is 3.63. The van der Waals surface area contributed by atoms with Gasteiger partial charge in [0.05, 0.1) is 34.6 Å². The number of thioether (sulfide) groups is 1. The van der Waals surface area contributed by atoms with E-state index >= 15 is 0 Å². The maximum Gasteiger partial charge on any atom is 0.206 e. The fourth-order valence-corrected chi connectivity index (χ4v) is 6.21. The Balaban J connectivity index is 1.55. The van der Waals surface area contributed by atoms with E-state index in [9.17, 15) is 12.8 Å². The molecule has 5 rings (SSSR count). The van der Waals surface area contributed by atoms with Gasteiger partial charge in [0.25, 0.3) is 0 Å². The molecule has 5 aromatic rings. The summed E-state index contributed by atoms with van der Waals surface area (Å²) in [5.74, 6) is 0.571. The number of hydrogen-bond donors (Lipinski definition) is 1. The molecule has 0 spiro atoms. The molecule has 0 saturated heterocycles. The fraction of sp³-hybridized carbons (Fsp3) is 0.214. The van der Waals surface area contributed by atoms with Gasteiger partial charge in [-0.2, -0.15) is 5.21 Å². The van der Waals surface area contributed by atoms with Gasteiger partial charge in [0.1, 0.15) is 0 Å². The molecule has 3 aromatic carbocycles. The predicted molar refractivity (Wildman–Crippen MR) is 156 cm³/mol. The second-order valence-corrected chi connectivity index (χ2v) is 13.2. The number of tetrazole rings is 1. The summed E-state index contributed by atoms with van der Waals surface area (Å²) in [4.78, 5) is 5.00. The molecule has 2 aromatic heterocycles. The lowest BCUT2D eigenvalue weighted by atomic mass is 9.81. The maximum atomic E-state index is 14.4. The first-order valence-corrected chi connectivity index (χ1v) is 15.6. The third-order valence-corrected chi connectivity index (χ3v) is 9.23. The molecule has 0 radical (unpaired) electrons. The molecule has 0 amide bonds. The van der Waals surface area contributed by atoms with Crippen LogP contribution in [0.3, 0.4) is 0 Å². The average molecular weight is 613 g/mol. The first kappa shape index (κ1) is 28.8. The van der Waals surface area contributed by atoms with Crippen LogP contribution in [0.4, 0.5) is 4.39 Å². The standard InChI is InChI=1S/C28H26ClFN6O3S2/c1-28(2,18-6-9-20(10-7-18)41(4,37)38)25-15-31-27(36(25)19-8-12-23(30)24(14-19)39-3)40-16-17-5-11-22(29)21(13-17)26-32-34-35-33-26/h5-15H,16H2,1-4H3,(H,32,33,34,35). The number of rotatable bonds is 9. The summed E-state index contributed by atoms with van der Waals surface area (Å²) in [5, 5.41) is 15.3. The Morgan fingerprint density at radius 3 is 2.51 bits per heavy atom. The molecule has 13 heteroatoms. The summed E-state index contributed by atoms with van der Waals surface area (Å²) in [6.07, 6.45) is 2.97. The molecule has 0 aliphatic heterocycles. The zero-order valence-corrected chi connectivity index (χ0v) is 25.0. The number of hydrogen-bond acceptors (Lipinski definition) is 8. The van der Waals surface area contributed by atoms with Gasteiger partial charge >= 0.3 is 0 Å². The van der Waals surface area contributed by atoms with Crippen LogP contribution in [-0.2, 0) is 21.0 Å². The van der Waals surface area contributed by atoms with E-state index in [2.05, 4.69) is 20.6 Å². The molecule has 0 bridgehead atoms. The lowest BCUT2D eigenvalue weighted by Gasteiger charge is -2.28. The topological polar surface area (TPSA) is 116 Å². The van der Waals surface area contributed by atoms with Crippen molar-refractivity contribution in [1.82, 2.24) is 30.2 Å². The molecule has 0 unspecified atom stereocenters. The lowest BCUT2D eigenvalue weighted by Crippen LogP contribution is -2.23. The van der Waals surface area contributed by atoms with Crippen LogP contribution in [0.15, 0.2) is 76.9 Å². The van der Waals surface area contributed by atoms with E-state index in [-0.39, 0.29) is 10.6 Å². The highest BCUT2D eigenvalue weighted by molar-refractivity contribution is 7.98. The Kier molecular flexibility index (Phi) is 7.91. The van der Waals surface area contributed by atoms with Crippen molar-refractivity contribution in [3.8, 4) is 22.8 Å². The minimum absolute atomic E-state index is 0.107. The third-order valence-electron chi connectivity index (χ3n) is 6.75. The molecule has 0 aliphatic carbocycles. The third kappa shape index (κ3) is 5.85. The molecule has 0 saturated carbocycles. The van der Waals surface area contributed by atoms with Gasteiger partial charge in [-0.25, -0.2) is 17.8 Å². The summed E-state index contributed by atoms with van der Waals surface area (Å²) in [7, 11) is -1.92. The van der Waals surface area contributed by atoms with Gasteiger partial charge in [-0.15, -0.1) is 10.2 Å². The van der Waals surface area contributed by atoms with Crippen molar-refractivity contribution >= 4 is 33.2 Å². The van der Waals surface area contributed by atoms with Crippen LogP contribution in [0.25, 0.3) is 17.1 Å². The number of methoxy groups -OCH3 is 1. The smallest absolute Gasteiger partial charge is 0.206 e. The highest BCUT2D eigenvalue weighted by Crippen LogP contribution is 2.38. The molecule has 2 heterocycles. The molecule has 41 heavy (non-hydrogen) atoms. The minimum atomic E-state index is -3.33. The lowest BCUT2D eigenvalue weighted by molar-refractivity contribution is 0.386. The number of halogens is 2. The van der Waals surface area contributed by atoms with E-state index in [0.717, 1.165) is 16.8 Å². The highest BCUT2D eigenvalue weighted by atomic mass is 35.5. The first-order chi connectivity index (χ1) is 19.5. The Hall–Kier alpha value is -3.74.